The quantitative estimate of drug-likeness (QED) is 0.292. The molecule has 5 nitrogen and oxygen atoms in total. The summed E-state index contributed by atoms with van der Waals surface area (Å²) in [6.45, 7) is 0.175. The summed E-state index contributed by atoms with van der Waals surface area (Å²) in [5.74, 6) is -1.10. The average molecular weight is 524 g/mol. The minimum Gasteiger partial charge on any atom is -0.326 e. The molecule has 4 aromatic carbocycles. The molecule has 196 valence electrons. The van der Waals surface area contributed by atoms with Gasteiger partial charge in [-0.25, -0.2) is 13.6 Å². The number of nitrogens with zero attached hydrogens (tertiary/aromatic N) is 2. The molecule has 7 heteroatoms. The number of anilines is 1. The SMILES string of the molecule is O=C(Nc1ccccc1-c1ccccc1)N1C/C=C\C(c2cccc(F)c2)N(Cc2ccc(F)cc2)C(=O)C1. The molecule has 1 atom stereocenters. The molecular weight excluding hydrogens is 496 g/mol. The maximum absolute atomic E-state index is 14.1. The molecule has 0 saturated heterocycles. The lowest BCUT2D eigenvalue weighted by molar-refractivity contribution is -0.134. The first-order valence-electron chi connectivity index (χ1n) is 12.6. The summed E-state index contributed by atoms with van der Waals surface area (Å²) < 4.78 is 27.6. The van der Waals surface area contributed by atoms with E-state index in [0.717, 1.165) is 11.1 Å². The Balaban J connectivity index is 1.41. The van der Waals surface area contributed by atoms with Crippen LogP contribution in [-0.2, 0) is 11.3 Å². The van der Waals surface area contributed by atoms with Crippen LogP contribution < -0.4 is 5.32 Å². The number of urea groups is 1. The van der Waals surface area contributed by atoms with Crippen molar-refractivity contribution in [2.45, 2.75) is 12.6 Å². The first-order chi connectivity index (χ1) is 19.0. The molecule has 0 aromatic heterocycles. The van der Waals surface area contributed by atoms with Gasteiger partial charge in [-0.2, -0.15) is 0 Å². The Morgan fingerprint density at radius 2 is 1.59 bits per heavy atom. The van der Waals surface area contributed by atoms with Crippen LogP contribution in [0.3, 0.4) is 0 Å². The first-order valence-corrected chi connectivity index (χ1v) is 12.6. The third-order valence-corrected chi connectivity index (χ3v) is 6.62. The lowest BCUT2D eigenvalue weighted by Crippen LogP contribution is -2.46. The standard InChI is InChI=1S/C32H27F2N3O2/c33-26-17-15-23(16-18-26)21-37-30(25-10-6-11-27(34)20-25)14-7-19-36(22-31(37)38)32(39)35-29-13-5-4-12-28(29)24-8-2-1-3-9-24/h1-18,20,30H,19,21-22H2,(H,35,39)/b14-7-. The highest BCUT2D eigenvalue weighted by molar-refractivity contribution is 5.96. The Kier molecular flexibility index (Phi) is 7.78. The van der Waals surface area contributed by atoms with Gasteiger partial charge in [0.15, 0.2) is 0 Å². The molecule has 39 heavy (non-hydrogen) atoms. The topological polar surface area (TPSA) is 52.7 Å². The summed E-state index contributed by atoms with van der Waals surface area (Å²) in [4.78, 5) is 30.1. The third kappa shape index (κ3) is 6.21. The fourth-order valence-electron chi connectivity index (χ4n) is 4.66. The molecule has 1 heterocycles. The summed E-state index contributed by atoms with van der Waals surface area (Å²) in [7, 11) is 0. The van der Waals surface area contributed by atoms with Crippen LogP contribution in [0.5, 0.6) is 0 Å². The van der Waals surface area contributed by atoms with Crippen LogP contribution >= 0.6 is 0 Å². The van der Waals surface area contributed by atoms with Crippen molar-refractivity contribution >= 4 is 17.6 Å². The van der Waals surface area contributed by atoms with Gasteiger partial charge >= 0.3 is 6.03 Å². The van der Waals surface area contributed by atoms with Crippen LogP contribution in [0.1, 0.15) is 17.2 Å². The molecule has 0 radical (unpaired) electrons. The van der Waals surface area contributed by atoms with E-state index in [-0.39, 0.29) is 31.4 Å². The summed E-state index contributed by atoms with van der Waals surface area (Å²) >= 11 is 0. The largest absolute Gasteiger partial charge is 0.326 e. The second-order valence-electron chi connectivity index (χ2n) is 9.30. The Morgan fingerprint density at radius 1 is 0.846 bits per heavy atom. The van der Waals surface area contributed by atoms with Crippen molar-refractivity contribution < 1.29 is 18.4 Å². The highest BCUT2D eigenvalue weighted by Gasteiger charge is 2.29. The Morgan fingerprint density at radius 3 is 2.36 bits per heavy atom. The fraction of sp³-hybridized carbons (Fsp3) is 0.125. The lowest BCUT2D eigenvalue weighted by atomic mass is 10.0. The van der Waals surface area contributed by atoms with Gasteiger partial charge in [-0.3, -0.25) is 4.79 Å². The highest BCUT2D eigenvalue weighted by atomic mass is 19.1. The van der Waals surface area contributed by atoms with E-state index in [9.17, 15) is 18.4 Å². The molecule has 1 aliphatic rings. The molecule has 4 aromatic rings. The van der Waals surface area contributed by atoms with E-state index < -0.39 is 17.9 Å². The molecule has 3 amide bonds. The summed E-state index contributed by atoms with van der Waals surface area (Å²) in [6.07, 6.45) is 3.61. The maximum Gasteiger partial charge on any atom is 0.322 e. The number of halogens is 2. The van der Waals surface area contributed by atoms with Gasteiger partial charge in [0, 0.05) is 18.7 Å². The van der Waals surface area contributed by atoms with Crippen molar-refractivity contribution in [2.24, 2.45) is 0 Å². The number of hydrogen-bond acceptors (Lipinski definition) is 2. The van der Waals surface area contributed by atoms with Gasteiger partial charge in [-0.1, -0.05) is 84.9 Å². The predicted molar refractivity (Wildman–Crippen MR) is 148 cm³/mol. The van der Waals surface area contributed by atoms with E-state index in [2.05, 4.69) is 5.32 Å². The van der Waals surface area contributed by atoms with E-state index in [1.54, 1.807) is 35.2 Å². The van der Waals surface area contributed by atoms with Crippen molar-refractivity contribution in [3.63, 3.8) is 0 Å². The van der Waals surface area contributed by atoms with Crippen molar-refractivity contribution in [1.82, 2.24) is 9.80 Å². The molecule has 1 N–H and O–H groups in total. The molecule has 1 unspecified atom stereocenters. The van der Waals surface area contributed by atoms with Crippen molar-refractivity contribution in [3.05, 3.63) is 138 Å². The van der Waals surface area contributed by atoms with Crippen molar-refractivity contribution in [2.75, 3.05) is 18.4 Å². The molecule has 0 aliphatic carbocycles. The Bertz CT molecular complexity index is 1490. The van der Waals surface area contributed by atoms with Gasteiger partial charge in [0.05, 0.1) is 11.7 Å². The number of carbonyl (C=O) groups is 2. The smallest absolute Gasteiger partial charge is 0.322 e. The van der Waals surface area contributed by atoms with E-state index in [4.69, 9.17) is 0 Å². The number of rotatable bonds is 5. The number of amides is 3. The van der Waals surface area contributed by atoms with Crippen LogP contribution in [-0.4, -0.2) is 34.8 Å². The molecule has 0 spiro atoms. The van der Waals surface area contributed by atoms with Crippen LogP contribution in [0, 0.1) is 11.6 Å². The normalized spacial score (nSPS) is 16.4. The van der Waals surface area contributed by atoms with Crippen LogP contribution in [0.15, 0.2) is 115 Å². The van der Waals surface area contributed by atoms with E-state index in [1.165, 1.54) is 29.2 Å². The van der Waals surface area contributed by atoms with Gasteiger partial charge in [-0.15, -0.1) is 0 Å². The third-order valence-electron chi connectivity index (χ3n) is 6.62. The predicted octanol–water partition coefficient (Wildman–Crippen LogP) is 6.81. The first kappa shape index (κ1) is 25.9. The lowest BCUT2D eigenvalue weighted by Gasteiger charge is -2.34. The number of para-hydroxylation sites is 1. The van der Waals surface area contributed by atoms with Gasteiger partial charge in [-0.05, 0) is 47.0 Å². The second kappa shape index (κ2) is 11.7. The van der Waals surface area contributed by atoms with Gasteiger partial charge in [0.2, 0.25) is 5.91 Å². The molecule has 0 bridgehead atoms. The number of nitrogens with one attached hydrogen (secondary N) is 1. The summed E-state index contributed by atoms with van der Waals surface area (Å²) in [5.41, 5.74) is 3.78. The fourth-order valence-corrected chi connectivity index (χ4v) is 4.66. The number of carbonyl (C=O) groups excluding carboxylic acids is 2. The van der Waals surface area contributed by atoms with E-state index in [1.807, 2.05) is 60.7 Å². The zero-order chi connectivity index (χ0) is 27.2. The van der Waals surface area contributed by atoms with Gasteiger partial charge in [0.25, 0.3) is 0 Å². The van der Waals surface area contributed by atoms with E-state index in [0.29, 0.717) is 16.8 Å². The molecule has 1 aliphatic heterocycles. The summed E-state index contributed by atoms with van der Waals surface area (Å²) in [6, 6.07) is 28.2. The number of hydrogen-bond donors (Lipinski definition) is 1. The Hall–Kier alpha value is -4.78. The minimum atomic E-state index is -0.553. The van der Waals surface area contributed by atoms with Gasteiger partial charge < -0.3 is 15.1 Å². The average Bonchev–Trinajstić information content (AvgIpc) is 2.94. The molecule has 0 saturated carbocycles. The molecule has 5 rings (SSSR count). The van der Waals surface area contributed by atoms with Crippen LogP contribution in [0.2, 0.25) is 0 Å². The van der Waals surface area contributed by atoms with E-state index >= 15 is 0 Å². The van der Waals surface area contributed by atoms with Crippen LogP contribution in [0.25, 0.3) is 11.1 Å². The van der Waals surface area contributed by atoms with Crippen LogP contribution in [0.4, 0.5) is 19.3 Å². The molecular formula is C32H27F2N3O2. The number of benzene rings is 4. The Labute approximate surface area is 226 Å². The minimum absolute atomic E-state index is 0.164. The maximum atomic E-state index is 14.1. The summed E-state index contributed by atoms with van der Waals surface area (Å²) in [5, 5.41) is 2.96. The highest BCUT2D eigenvalue weighted by Crippen LogP contribution is 2.29. The monoisotopic (exact) mass is 523 g/mol. The van der Waals surface area contributed by atoms with Crippen molar-refractivity contribution in [1.29, 1.82) is 0 Å². The zero-order valence-corrected chi connectivity index (χ0v) is 21.1. The second-order valence-corrected chi connectivity index (χ2v) is 9.30. The zero-order valence-electron chi connectivity index (χ0n) is 21.1. The van der Waals surface area contributed by atoms with Crippen molar-refractivity contribution in [3.8, 4) is 11.1 Å². The molecule has 0 fully saturated rings. The van der Waals surface area contributed by atoms with Gasteiger partial charge in [0.1, 0.15) is 18.2 Å².